The van der Waals surface area contributed by atoms with Gasteiger partial charge in [-0.25, -0.2) is 0 Å². The Hall–Kier alpha value is -1.32. The summed E-state index contributed by atoms with van der Waals surface area (Å²) in [5, 5.41) is 0. The Bertz CT molecular complexity index is 681. The number of rotatable bonds is 7. The highest BCUT2D eigenvalue weighted by Crippen LogP contribution is 2.26. The van der Waals surface area contributed by atoms with Gasteiger partial charge in [0.2, 0.25) is 0 Å². The van der Waals surface area contributed by atoms with E-state index in [1.807, 2.05) is 0 Å². The van der Waals surface area contributed by atoms with Crippen LogP contribution in [0.1, 0.15) is 49.9 Å². The van der Waals surface area contributed by atoms with Crippen molar-refractivity contribution in [2.24, 2.45) is 0 Å². The minimum Gasteiger partial charge on any atom is -0.488 e. The van der Waals surface area contributed by atoms with E-state index in [2.05, 4.69) is 98.8 Å². The van der Waals surface area contributed by atoms with Gasteiger partial charge in [-0.1, -0.05) is 40.2 Å². The normalized spacial score (nSPS) is 11.6. The highest BCUT2D eigenvalue weighted by Gasteiger charge is 2.14. The first-order chi connectivity index (χ1) is 11.8. The molecule has 0 saturated carbocycles. The van der Waals surface area contributed by atoms with Crippen molar-refractivity contribution in [3.63, 3.8) is 0 Å². The third kappa shape index (κ3) is 5.32. The fourth-order valence-corrected chi connectivity index (χ4v) is 3.55. The second-order valence-electron chi connectivity index (χ2n) is 7.30. The predicted molar refractivity (Wildman–Crippen MR) is 110 cm³/mol. The zero-order chi connectivity index (χ0) is 18.6. The van der Waals surface area contributed by atoms with Gasteiger partial charge in [-0.15, -0.1) is 0 Å². The third-order valence-electron chi connectivity index (χ3n) is 4.58. The summed E-state index contributed by atoms with van der Waals surface area (Å²) in [7, 11) is 0. The summed E-state index contributed by atoms with van der Waals surface area (Å²) in [6.45, 7) is 14.7. The van der Waals surface area contributed by atoms with Crippen LogP contribution in [0, 0.1) is 13.8 Å². The van der Waals surface area contributed by atoms with E-state index >= 15 is 0 Å². The molecule has 0 N–H and O–H groups in total. The van der Waals surface area contributed by atoms with E-state index in [0.717, 1.165) is 16.8 Å². The van der Waals surface area contributed by atoms with Crippen LogP contribution in [0.3, 0.4) is 0 Å². The van der Waals surface area contributed by atoms with Crippen LogP contribution in [0.5, 0.6) is 5.75 Å². The second-order valence-corrected chi connectivity index (χ2v) is 8.15. The Balaban J connectivity index is 2.16. The van der Waals surface area contributed by atoms with Crippen LogP contribution in [0.25, 0.3) is 0 Å². The zero-order valence-corrected chi connectivity index (χ0v) is 17.9. The molecule has 3 heteroatoms. The molecular weight excluding hydrogens is 374 g/mol. The maximum absolute atomic E-state index is 6.15. The smallest absolute Gasteiger partial charge is 0.125 e. The van der Waals surface area contributed by atoms with Crippen LogP contribution < -0.4 is 4.74 Å². The Morgan fingerprint density at radius 2 is 1.56 bits per heavy atom. The van der Waals surface area contributed by atoms with Gasteiger partial charge in [0.1, 0.15) is 12.4 Å². The topological polar surface area (TPSA) is 12.5 Å². The number of nitrogens with zero attached hydrogens (tertiary/aromatic N) is 1. The molecule has 0 heterocycles. The lowest BCUT2D eigenvalue weighted by Crippen LogP contribution is -2.36. The van der Waals surface area contributed by atoms with Crippen LogP contribution in [-0.4, -0.2) is 17.0 Å². The molecule has 0 bridgehead atoms. The minimum atomic E-state index is 0.526. The fourth-order valence-electron chi connectivity index (χ4n) is 3.19. The largest absolute Gasteiger partial charge is 0.488 e. The van der Waals surface area contributed by atoms with E-state index in [0.29, 0.717) is 18.7 Å². The molecule has 0 atom stereocenters. The molecule has 2 aromatic carbocycles. The predicted octanol–water partition coefficient (Wildman–Crippen LogP) is 6.26. The first-order valence-corrected chi connectivity index (χ1v) is 9.81. The van der Waals surface area contributed by atoms with Gasteiger partial charge in [-0.05, 0) is 70.4 Å². The Kier molecular flexibility index (Phi) is 7.09. The summed E-state index contributed by atoms with van der Waals surface area (Å²) in [5.41, 5.74) is 4.87. The van der Waals surface area contributed by atoms with Gasteiger partial charge in [0.25, 0.3) is 0 Å². The van der Waals surface area contributed by atoms with Gasteiger partial charge < -0.3 is 4.74 Å². The Morgan fingerprint density at radius 3 is 2.12 bits per heavy atom. The van der Waals surface area contributed by atoms with Crippen molar-refractivity contribution in [2.75, 3.05) is 0 Å². The third-order valence-corrected chi connectivity index (χ3v) is 5.36. The SMILES string of the molecule is Cc1cccc(C)c1OCc1cc(CN(C(C)C)C(C)C)ccc1Br. The molecular formula is C22H30BrNO. The fraction of sp³-hybridized carbons (Fsp3) is 0.455. The maximum atomic E-state index is 6.15. The lowest BCUT2D eigenvalue weighted by Gasteiger charge is -2.30. The molecule has 0 amide bonds. The monoisotopic (exact) mass is 403 g/mol. The van der Waals surface area contributed by atoms with Crippen LogP contribution in [0.15, 0.2) is 40.9 Å². The molecule has 0 aliphatic rings. The molecule has 0 unspecified atom stereocenters. The molecule has 2 nitrogen and oxygen atoms in total. The summed E-state index contributed by atoms with van der Waals surface area (Å²) < 4.78 is 7.25. The van der Waals surface area contributed by atoms with Crippen molar-refractivity contribution < 1.29 is 4.74 Å². The standard InChI is InChI=1S/C22H30BrNO/c1-15(2)24(16(3)4)13-19-10-11-21(23)20(12-19)14-25-22-17(5)8-7-9-18(22)6/h7-12,15-16H,13-14H2,1-6H3. The summed E-state index contributed by atoms with van der Waals surface area (Å²) in [5.74, 6) is 0.991. The molecule has 136 valence electrons. The number of hydrogen-bond acceptors (Lipinski definition) is 2. The molecule has 0 aliphatic heterocycles. The molecule has 0 radical (unpaired) electrons. The van der Waals surface area contributed by atoms with E-state index in [-0.39, 0.29) is 0 Å². The quantitative estimate of drug-likeness (QED) is 0.540. The van der Waals surface area contributed by atoms with Gasteiger partial charge >= 0.3 is 0 Å². The van der Waals surface area contributed by atoms with Crippen LogP contribution in [0.2, 0.25) is 0 Å². The number of ether oxygens (including phenoxy) is 1. The number of para-hydroxylation sites is 1. The molecule has 0 fully saturated rings. The summed E-state index contributed by atoms with van der Waals surface area (Å²) in [4.78, 5) is 2.50. The Labute approximate surface area is 161 Å². The molecule has 0 aliphatic carbocycles. The summed E-state index contributed by atoms with van der Waals surface area (Å²) in [6.07, 6.45) is 0. The molecule has 2 rings (SSSR count). The van der Waals surface area contributed by atoms with Crippen molar-refractivity contribution in [3.8, 4) is 5.75 Å². The number of hydrogen-bond donors (Lipinski definition) is 0. The lowest BCUT2D eigenvalue weighted by molar-refractivity contribution is 0.166. The molecule has 0 aromatic heterocycles. The molecule has 25 heavy (non-hydrogen) atoms. The van der Waals surface area contributed by atoms with E-state index in [1.165, 1.54) is 22.3 Å². The van der Waals surface area contributed by atoms with E-state index < -0.39 is 0 Å². The van der Waals surface area contributed by atoms with E-state index in [1.54, 1.807) is 0 Å². The maximum Gasteiger partial charge on any atom is 0.125 e. The van der Waals surface area contributed by atoms with Crippen LogP contribution in [0.4, 0.5) is 0 Å². The average Bonchev–Trinajstić information content (AvgIpc) is 2.53. The highest BCUT2D eigenvalue weighted by atomic mass is 79.9. The molecule has 0 saturated heterocycles. The van der Waals surface area contributed by atoms with E-state index in [9.17, 15) is 0 Å². The van der Waals surface area contributed by atoms with Crippen molar-refractivity contribution in [1.82, 2.24) is 4.90 Å². The average molecular weight is 404 g/mol. The van der Waals surface area contributed by atoms with Gasteiger partial charge in [-0.2, -0.15) is 0 Å². The molecule has 0 spiro atoms. The minimum absolute atomic E-state index is 0.526. The molecule has 2 aromatic rings. The van der Waals surface area contributed by atoms with Crippen molar-refractivity contribution in [1.29, 1.82) is 0 Å². The number of halogens is 1. The van der Waals surface area contributed by atoms with Gasteiger partial charge in [-0.3, -0.25) is 4.90 Å². The second kappa shape index (κ2) is 8.86. The first-order valence-electron chi connectivity index (χ1n) is 9.01. The van der Waals surface area contributed by atoms with Crippen LogP contribution >= 0.6 is 15.9 Å². The van der Waals surface area contributed by atoms with Crippen molar-refractivity contribution in [2.45, 2.75) is 66.8 Å². The van der Waals surface area contributed by atoms with Crippen LogP contribution in [-0.2, 0) is 13.2 Å². The van der Waals surface area contributed by atoms with Crippen molar-refractivity contribution >= 4 is 15.9 Å². The highest BCUT2D eigenvalue weighted by molar-refractivity contribution is 9.10. The summed E-state index contributed by atoms with van der Waals surface area (Å²) in [6, 6.07) is 13.9. The van der Waals surface area contributed by atoms with Gasteiger partial charge in [0.05, 0.1) is 0 Å². The Morgan fingerprint density at radius 1 is 0.960 bits per heavy atom. The van der Waals surface area contributed by atoms with E-state index in [4.69, 9.17) is 4.74 Å². The lowest BCUT2D eigenvalue weighted by atomic mass is 10.1. The van der Waals surface area contributed by atoms with Gasteiger partial charge in [0, 0.05) is 28.7 Å². The number of aryl methyl sites for hydroxylation is 2. The zero-order valence-electron chi connectivity index (χ0n) is 16.3. The number of benzene rings is 2. The van der Waals surface area contributed by atoms with Crippen molar-refractivity contribution in [3.05, 3.63) is 63.1 Å². The first kappa shape index (κ1) is 20.0. The summed E-state index contributed by atoms with van der Waals surface area (Å²) >= 11 is 3.67. The van der Waals surface area contributed by atoms with Gasteiger partial charge in [0.15, 0.2) is 0 Å².